The minimum absolute atomic E-state index is 0.763. The first-order chi connectivity index (χ1) is 5.80. The van der Waals surface area contributed by atoms with Crippen LogP contribution in [-0.2, 0) is 19.1 Å². The summed E-state index contributed by atoms with van der Waals surface area (Å²) in [7, 11) is 0. The molecule has 0 aliphatic carbocycles. The number of carbonyl (C=O) groups is 3. The lowest BCUT2D eigenvalue weighted by atomic mass is 10.0. The first kappa shape index (κ1) is 11.6. The first-order valence-corrected chi connectivity index (χ1v) is 3.41. The Morgan fingerprint density at radius 1 is 1.31 bits per heavy atom. The maximum absolute atomic E-state index is 10.7. The number of carboxylic acid groups (broad SMARTS) is 1. The van der Waals surface area contributed by atoms with Crippen molar-refractivity contribution >= 4 is 17.7 Å². The van der Waals surface area contributed by atoms with Gasteiger partial charge < -0.3 is 14.9 Å². The Balaban J connectivity index is 4.52. The Bertz CT molecular complexity index is 229. The van der Waals surface area contributed by atoms with E-state index >= 15 is 0 Å². The fourth-order valence-electron chi connectivity index (χ4n) is 0.520. The smallest absolute Gasteiger partial charge is 0.347 e. The van der Waals surface area contributed by atoms with Crippen molar-refractivity contribution in [3.05, 3.63) is 0 Å². The van der Waals surface area contributed by atoms with Crippen molar-refractivity contribution in [1.29, 1.82) is 0 Å². The second-order valence-electron chi connectivity index (χ2n) is 2.50. The fraction of sp³-hybridized carbons (Fsp3) is 0.571. The minimum Gasteiger partial charge on any atom is -0.479 e. The zero-order chi connectivity index (χ0) is 10.6. The van der Waals surface area contributed by atoms with E-state index in [1.807, 2.05) is 0 Å². The topological polar surface area (TPSA) is 101 Å². The number of carbonyl (C=O) groups excluding carboxylic acids is 2. The lowest BCUT2D eigenvalue weighted by Gasteiger charge is -2.18. The van der Waals surface area contributed by atoms with E-state index in [0.717, 1.165) is 13.8 Å². The molecule has 0 saturated heterocycles. The average Bonchev–Trinajstić information content (AvgIpc) is 1.99. The molecule has 0 aromatic rings. The number of esters is 1. The Morgan fingerprint density at radius 3 is 2.00 bits per heavy atom. The quantitative estimate of drug-likeness (QED) is 0.433. The summed E-state index contributed by atoms with van der Waals surface area (Å²) in [6, 6.07) is 0. The number of ketones is 1. The molecule has 0 bridgehead atoms. The van der Waals surface area contributed by atoms with Gasteiger partial charge in [0.25, 0.3) is 5.60 Å². The highest BCUT2D eigenvalue weighted by Crippen LogP contribution is 2.07. The molecular formula is C7H10O6. The molecule has 0 aliphatic heterocycles. The molecule has 6 heteroatoms. The van der Waals surface area contributed by atoms with Gasteiger partial charge in [-0.2, -0.15) is 0 Å². The standard InChI is InChI=1S/C7H10O6/c1-4(8)7(12,6(10)11)3-13-5(2)9/h12H,3H2,1-2H3,(H,10,11). The lowest BCUT2D eigenvalue weighted by molar-refractivity contribution is -0.173. The maximum Gasteiger partial charge on any atom is 0.347 e. The zero-order valence-corrected chi connectivity index (χ0v) is 7.23. The lowest BCUT2D eigenvalue weighted by Crippen LogP contribution is -2.49. The van der Waals surface area contributed by atoms with Gasteiger partial charge in [-0.25, -0.2) is 4.79 Å². The van der Waals surface area contributed by atoms with Crippen LogP contribution in [0.1, 0.15) is 13.8 Å². The van der Waals surface area contributed by atoms with Crippen LogP contribution in [0.3, 0.4) is 0 Å². The maximum atomic E-state index is 10.7. The van der Waals surface area contributed by atoms with Gasteiger partial charge in [0.2, 0.25) is 0 Å². The summed E-state index contributed by atoms with van der Waals surface area (Å²) in [6.07, 6.45) is 0. The molecule has 6 nitrogen and oxygen atoms in total. The Hall–Kier alpha value is -1.43. The molecule has 0 rings (SSSR count). The van der Waals surface area contributed by atoms with Gasteiger partial charge >= 0.3 is 11.9 Å². The van der Waals surface area contributed by atoms with Gasteiger partial charge in [0.05, 0.1) is 0 Å². The van der Waals surface area contributed by atoms with Gasteiger partial charge in [-0.15, -0.1) is 0 Å². The van der Waals surface area contributed by atoms with Crippen LogP contribution in [-0.4, -0.2) is 40.1 Å². The van der Waals surface area contributed by atoms with E-state index in [0.29, 0.717) is 0 Å². The molecule has 74 valence electrons. The third kappa shape index (κ3) is 2.83. The third-order valence-corrected chi connectivity index (χ3v) is 1.42. The molecule has 0 spiro atoms. The fourth-order valence-corrected chi connectivity index (χ4v) is 0.520. The van der Waals surface area contributed by atoms with Gasteiger partial charge in [0.1, 0.15) is 6.61 Å². The summed E-state index contributed by atoms with van der Waals surface area (Å²) in [4.78, 5) is 31.4. The van der Waals surface area contributed by atoms with Crippen LogP contribution in [0.4, 0.5) is 0 Å². The zero-order valence-electron chi connectivity index (χ0n) is 7.23. The Morgan fingerprint density at radius 2 is 1.77 bits per heavy atom. The van der Waals surface area contributed by atoms with Crippen molar-refractivity contribution in [3.63, 3.8) is 0 Å². The summed E-state index contributed by atoms with van der Waals surface area (Å²) >= 11 is 0. The molecule has 0 radical (unpaired) electrons. The summed E-state index contributed by atoms with van der Waals surface area (Å²) in [6.45, 7) is 1.08. The number of aliphatic hydroxyl groups is 1. The van der Waals surface area contributed by atoms with Crippen molar-refractivity contribution < 1.29 is 29.3 Å². The number of carboxylic acids is 1. The molecule has 0 aromatic carbocycles. The number of Topliss-reactive ketones (excluding diaryl/α,β-unsaturated/α-hetero) is 1. The molecule has 1 unspecified atom stereocenters. The molecule has 13 heavy (non-hydrogen) atoms. The minimum atomic E-state index is -2.63. The molecule has 2 N–H and O–H groups in total. The highest BCUT2D eigenvalue weighted by Gasteiger charge is 2.42. The van der Waals surface area contributed by atoms with Crippen molar-refractivity contribution in [3.8, 4) is 0 Å². The summed E-state index contributed by atoms with van der Waals surface area (Å²) < 4.78 is 4.24. The number of ether oxygens (including phenoxy) is 1. The van der Waals surface area contributed by atoms with E-state index in [-0.39, 0.29) is 0 Å². The monoisotopic (exact) mass is 190 g/mol. The highest BCUT2D eigenvalue weighted by molar-refractivity contribution is 6.05. The normalized spacial score (nSPS) is 14.4. The van der Waals surface area contributed by atoms with Gasteiger partial charge in [-0.1, -0.05) is 0 Å². The summed E-state index contributed by atoms with van der Waals surface area (Å²) in [5.74, 6) is -3.48. The van der Waals surface area contributed by atoms with E-state index in [4.69, 9.17) is 5.11 Å². The van der Waals surface area contributed by atoms with E-state index in [2.05, 4.69) is 4.74 Å². The second kappa shape index (κ2) is 3.99. The number of hydrogen-bond donors (Lipinski definition) is 2. The van der Waals surface area contributed by atoms with Gasteiger partial charge in [0, 0.05) is 6.92 Å². The van der Waals surface area contributed by atoms with Gasteiger partial charge in [-0.3, -0.25) is 9.59 Å². The van der Waals surface area contributed by atoms with Crippen LogP contribution >= 0.6 is 0 Å². The highest BCUT2D eigenvalue weighted by atomic mass is 16.5. The molecule has 0 fully saturated rings. The molecule has 0 heterocycles. The van der Waals surface area contributed by atoms with Crippen molar-refractivity contribution in [2.75, 3.05) is 6.61 Å². The Labute approximate surface area is 74.1 Å². The molecule has 0 aromatic heterocycles. The summed E-state index contributed by atoms with van der Waals surface area (Å²) in [5, 5.41) is 17.6. The van der Waals surface area contributed by atoms with Crippen molar-refractivity contribution in [2.45, 2.75) is 19.4 Å². The van der Waals surface area contributed by atoms with Gasteiger partial charge in [0.15, 0.2) is 5.78 Å². The SMILES string of the molecule is CC(=O)OCC(O)(C(C)=O)C(=O)O. The number of rotatable bonds is 4. The third-order valence-electron chi connectivity index (χ3n) is 1.42. The van der Waals surface area contributed by atoms with Crippen molar-refractivity contribution in [2.24, 2.45) is 0 Å². The predicted octanol–water partition coefficient (Wildman–Crippen LogP) is -1.05. The number of hydrogen-bond acceptors (Lipinski definition) is 5. The van der Waals surface area contributed by atoms with Crippen LogP contribution in [0.25, 0.3) is 0 Å². The van der Waals surface area contributed by atoms with Crippen LogP contribution in [0.15, 0.2) is 0 Å². The molecule has 0 saturated carbocycles. The van der Waals surface area contributed by atoms with Crippen LogP contribution in [0, 0.1) is 0 Å². The van der Waals surface area contributed by atoms with Crippen molar-refractivity contribution in [1.82, 2.24) is 0 Å². The van der Waals surface area contributed by atoms with Gasteiger partial charge in [-0.05, 0) is 6.92 Å². The average molecular weight is 190 g/mol. The van der Waals surface area contributed by atoms with E-state index in [1.165, 1.54) is 0 Å². The summed E-state index contributed by atoms with van der Waals surface area (Å²) in [5.41, 5.74) is -2.63. The predicted molar refractivity (Wildman–Crippen MR) is 39.9 cm³/mol. The molecule has 1 atom stereocenters. The second-order valence-corrected chi connectivity index (χ2v) is 2.50. The van der Waals surface area contributed by atoms with E-state index < -0.39 is 29.9 Å². The number of aliphatic carboxylic acids is 1. The molecule has 0 aliphatic rings. The van der Waals surface area contributed by atoms with E-state index in [1.54, 1.807) is 0 Å². The van der Waals surface area contributed by atoms with E-state index in [9.17, 15) is 19.5 Å². The molecule has 0 amide bonds. The first-order valence-electron chi connectivity index (χ1n) is 3.41. The molecular weight excluding hydrogens is 180 g/mol. The van der Waals surface area contributed by atoms with Crippen LogP contribution < -0.4 is 0 Å². The Kier molecular flexibility index (Phi) is 3.55. The largest absolute Gasteiger partial charge is 0.479 e. The van der Waals surface area contributed by atoms with Crippen LogP contribution in [0.2, 0.25) is 0 Å². The van der Waals surface area contributed by atoms with Crippen LogP contribution in [0.5, 0.6) is 0 Å².